The van der Waals surface area contributed by atoms with E-state index in [9.17, 15) is 4.79 Å². The van der Waals surface area contributed by atoms with Gasteiger partial charge in [-0.2, -0.15) is 0 Å². The molecule has 1 amide bonds. The number of amides is 1. The third-order valence-electron chi connectivity index (χ3n) is 4.18. The first-order valence-electron chi connectivity index (χ1n) is 7.15. The predicted octanol–water partition coefficient (Wildman–Crippen LogP) is 2.38. The van der Waals surface area contributed by atoms with E-state index >= 15 is 0 Å². The fourth-order valence-electron chi connectivity index (χ4n) is 3.16. The molecule has 3 unspecified atom stereocenters. The Hall–Kier alpha value is -0.720. The molecule has 7 heteroatoms. The van der Waals surface area contributed by atoms with Gasteiger partial charge >= 0.3 is 0 Å². The summed E-state index contributed by atoms with van der Waals surface area (Å²) in [6, 6.07) is 0.493. The van der Waals surface area contributed by atoms with Gasteiger partial charge in [0.2, 0.25) is 11.0 Å². The Morgan fingerprint density at radius 3 is 2.90 bits per heavy atom. The Morgan fingerprint density at radius 1 is 1.40 bits per heavy atom. The van der Waals surface area contributed by atoms with Gasteiger partial charge < -0.3 is 5.32 Å². The highest BCUT2D eigenvalue weighted by Gasteiger charge is 2.38. The molecule has 1 saturated heterocycles. The molecule has 1 saturated carbocycles. The summed E-state index contributed by atoms with van der Waals surface area (Å²) in [6.07, 6.45) is 6.91. The summed E-state index contributed by atoms with van der Waals surface area (Å²) in [5.74, 6) is 0.735. The zero-order valence-electron chi connectivity index (χ0n) is 11.6. The molecule has 2 aliphatic rings. The van der Waals surface area contributed by atoms with Crippen molar-refractivity contribution in [3.8, 4) is 0 Å². The molecule has 20 heavy (non-hydrogen) atoms. The standard InChI is InChI=1S/C13H20N4OS.ClH/c1-2-11-16-17-13(19-11)15-12(18)10-7-8-5-3-4-6-9(8)14-10;/h8-10,14H,2-7H2,1H3,(H,15,17,18);1H. The molecule has 0 radical (unpaired) electrons. The predicted molar refractivity (Wildman–Crippen MR) is 82.5 cm³/mol. The fraction of sp³-hybridized carbons (Fsp3) is 0.769. The summed E-state index contributed by atoms with van der Waals surface area (Å²) in [7, 11) is 0. The maximum Gasteiger partial charge on any atom is 0.243 e. The molecule has 1 aliphatic carbocycles. The van der Waals surface area contributed by atoms with Crippen molar-refractivity contribution >= 4 is 34.8 Å². The zero-order valence-corrected chi connectivity index (χ0v) is 13.2. The SMILES string of the molecule is CCc1nnc(NC(=O)C2CC3CCCCC3N2)s1.Cl. The highest BCUT2D eigenvalue weighted by atomic mass is 35.5. The first-order chi connectivity index (χ1) is 9.26. The van der Waals surface area contributed by atoms with E-state index in [1.165, 1.54) is 37.0 Å². The molecule has 0 bridgehead atoms. The summed E-state index contributed by atoms with van der Waals surface area (Å²) >= 11 is 1.46. The van der Waals surface area contributed by atoms with Gasteiger partial charge in [0.1, 0.15) is 5.01 Å². The molecule has 2 heterocycles. The third kappa shape index (κ3) is 3.30. The highest BCUT2D eigenvalue weighted by Crippen LogP contribution is 2.33. The van der Waals surface area contributed by atoms with Gasteiger partial charge in [-0.3, -0.25) is 10.1 Å². The van der Waals surface area contributed by atoms with Crippen LogP contribution >= 0.6 is 23.7 Å². The summed E-state index contributed by atoms with van der Waals surface area (Å²) in [5, 5.41) is 16.0. The Labute approximate surface area is 129 Å². The number of carbonyl (C=O) groups excluding carboxylic acids is 1. The normalized spacial score (nSPS) is 28.6. The second-order valence-electron chi connectivity index (χ2n) is 5.45. The van der Waals surface area contributed by atoms with Crippen LogP contribution in [0.1, 0.15) is 44.0 Å². The number of aromatic nitrogens is 2. The van der Waals surface area contributed by atoms with Crippen molar-refractivity contribution in [1.29, 1.82) is 0 Å². The van der Waals surface area contributed by atoms with Crippen LogP contribution in [0.25, 0.3) is 0 Å². The second kappa shape index (κ2) is 6.83. The molecule has 2 fully saturated rings. The monoisotopic (exact) mass is 316 g/mol. The number of fused-ring (bicyclic) bond motifs is 1. The molecule has 112 valence electrons. The van der Waals surface area contributed by atoms with Crippen molar-refractivity contribution in [1.82, 2.24) is 15.5 Å². The average molecular weight is 317 g/mol. The van der Waals surface area contributed by atoms with Crippen molar-refractivity contribution in [2.75, 3.05) is 5.32 Å². The lowest BCUT2D eigenvalue weighted by molar-refractivity contribution is -0.117. The van der Waals surface area contributed by atoms with Gasteiger partial charge in [0.25, 0.3) is 0 Å². The van der Waals surface area contributed by atoms with E-state index in [2.05, 4.69) is 20.8 Å². The lowest BCUT2D eigenvalue weighted by atomic mass is 9.85. The molecular formula is C13H21ClN4OS. The largest absolute Gasteiger partial charge is 0.303 e. The number of rotatable bonds is 3. The number of hydrogen-bond acceptors (Lipinski definition) is 5. The van der Waals surface area contributed by atoms with Crippen molar-refractivity contribution in [3.05, 3.63) is 5.01 Å². The van der Waals surface area contributed by atoms with Gasteiger partial charge in [-0.05, 0) is 31.6 Å². The fourth-order valence-corrected chi connectivity index (χ4v) is 3.84. The Kier molecular flexibility index (Phi) is 5.35. The molecule has 5 nitrogen and oxygen atoms in total. The number of hydrogen-bond donors (Lipinski definition) is 2. The molecule has 3 rings (SSSR count). The van der Waals surface area contributed by atoms with Crippen LogP contribution in [0.2, 0.25) is 0 Å². The number of nitrogens with one attached hydrogen (secondary N) is 2. The van der Waals surface area contributed by atoms with Crippen LogP contribution in [0.15, 0.2) is 0 Å². The van der Waals surface area contributed by atoms with Crippen LogP contribution < -0.4 is 10.6 Å². The van der Waals surface area contributed by atoms with Crippen LogP contribution in [-0.4, -0.2) is 28.2 Å². The smallest absolute Gasteiger partial charge is 0.243 e. The third-order valence-corrected chi connectivity index (χ3v) is 5.16. The molecule has 1 aliphatic heterocycles. The van der Waals surface area contributed by atoms with Gasteiger partial charge in [0.05, 0.1) is 6.04 Å². The maximum absolute atomic E-state index is 12.2. The van der Waals surface area contributed by atoms with Crippen LogP contribution in [0.5, 0.6) is 0 Å². The Morgan fingerprint density at radius 2 is 2.20 bits per heavy atom. The van der Waals surface area contributed by atoms with E-state index < -0.39 is 0 Å². The lowest BCUT2D eigenvalue weighted by Gasteiger charge is -2.24. The van der Waals surface area contributed by atoms with Crippen LogP contribution in [0.3, 0.4) is 0 Å². The van der Waals surface area contributed by atoms with E-state index in [1.54, 1.807) is 0 Å². The summed E-state index contributed by atoms with van der Waals surface area (Å²) in [4.78, 5) is 12.2. The second-order valence-corrected chi connectivity index (χ2v) is 6.51. The summed E-state index contributed by atoms with van der Waals surface area (Å²) in [5.41, 5.74) is 0. The van der Waals surface area contributed by atoms with Crippen LogP contribution in [0.4, 0.5) is 5.13 Å². The molecule has 1 aromatic rings. The summed E-state index contributed by atoms with van der Waals surface area (Å²) in [6.45, 7) is 2.04. The Bertz CT molecular complexity index is 453. The molecule has 2 N–H and O–H groups in total. The van der Waals surface area contributed by atoms with Crippen LogP contribution in [0, 0.1) is 5.92 Å². The number of carbonyl (C=O) groups is 1. The molecule has 0 spiro atoms. The van der Waals surface area contributed by atoms with E-state index in [0.717, 1.165) is 17.8 Å². The molecule has 0 aromatic carbocycles. The minimum Gasteiger partial charge on any atom is -0.303 e. The van der Waals surface area contributed by atoms with Gasteiger partial charge in [0.15, 0.2) is 0 Å². The average Bonchev–Trinajstić information content (AvgIpc) is 3.04. The van der Waals surface area contributed by atoms with E-state index in [-0.39, 0.29) is 24.4 Å². The minimum atomic E-state index is -0.0536. The highest BCUT2D eigenvalue weighted by molar-refractivity contribution is 7.15. The van der Waals surface area contributed by atoms with E-state index in [4.69, 9.17) is 0 Å². The van der Waals surface area contributed by atoms with E-state index in [0.29, 0.717) is 17.1 Å². The molecule has 1 aromatic heterocycles. The lowest BCUT2D eigenvalue weighted by Crippen LogP contribution is -2.39. The van der Waals surface area contributed by atoms with Crippen molar-refractivity contribution in [3.63, 3.8) is 0 Å². The maximum atomic E-state index is 12.2. The first kappa shape index (κ1) is 15.7. The van der Waals surface area contributed by atoms with Gasteiger partial charge in [0, 0.05) is 6.04 Å². The molecular weight excluding hydrogens is 296 g/mol. The number of halogens is 1. The van der Waals surface area contributed by atoms with Gasteiger partial charge in [-0.15, -0.1) is 22.6 Å². The first-order valence-corrected chi connectivity index (χ1v) is 7.97. The zero-order chi connectivity index (χ0) is 13.2. The van der Waals surface area contributed by atoms with Crippen LogP contribution in [-0.2, 0) is 11.2 Å². The van der Waals surface area contributed by atoms with Gasteiger partial charge in [-0.25, -0.2) is 0 Å². The minimum absolute atomic E-state index is 0. The number of anilines is 1. The molecule has 3 atom stereocenters. The summed E-state index contributed by atoms with van der Waals surface area (Å²) < 4.78 is 0. The quantitative estimate of drug-likeness (QED) is 0.898. The van der Waals surface area contributed by atoms with Gasteiger partial charge in [-0.1, -0.05) is 31.1 Å². The Balaban J connectivity index is 0.00000147. The number of nitrogens with zero attached hydrogens (tertiary/aromatic N) is 2. The van der Waals surface area contributed by atoms with Crippen molar-refractivity contribution < 1.29 is 4.79 Å². The van der Waals surface area contributed by atoms with E-state index in [1.807, 2.05) is 6.92 Å². The van der Waals surface area contributed by atoms with Crippen molar-refractivity contribution in [2.45, 2.75) is 57.5 Å². The van der Waals surface area contributed by atoms with Crippen molar-refractivity contribution in [2.24, 2.45) is 5.92 Å². The number of aryl methyl sites for hydroxylation is 1. The topological polar surface area (TPSA) is 66.9 Å².